The maximum Gasteiger partial charge on any atom is 0.273 e. The number of hydrogen-bond acceptors (Lipinski definition) is 5. The molecule has 8 heteroatoms. The summed E-state index contributed by atoms with van der Waals surface area (Å²) >= 11 is 1.44. The van der Waals surface area contributed by atoms with E-state index in [1.807, 2.05) is 28.0 Å². The molecule has 23 heavy (non-hydrogen) atoms. The molecule has 3 aromatic rings. The van der Waals surface area contributed by atoms with Gasteiger partial charge in [0.05, 0.1) is 12.1 Å². The predicted octanol–water partition coefficient (Wildman–Crippen LogP) is 1.51. The molecule has 1 unspecified atom stereocenters. The maximum absolute atomic E-state index is 12.7. The molecule has 0 aromatic carbocycles. The van der Waals surface area contributed by atoms with Gasteiger partial charge in [0.1, 0.15) is 11.5 Å². The first-order chi connectivity index (χ1) is 11.3. The van der Waals surface area contributed by atoms with Gasteiger partial charge in [0.2, 0.25) is 0 Å². The minimum Gasteiger partial charge on any atom is -0.333 e. The first-order valence-corrected chi connectivity index (χ1v) is 8.39. The molecule has 0 saturated heterocycles. The summed E-state index contributed by atoms with van der Waals surface area (Å²) in [6, 6.07) is 1.91. The third-order valence-corrected chi connectivity index (χ3v) is 4.60. The zero-order valence-corrected chi connectivity index (χ0v) is 13.3. The topological polar surface area (TPSA) is 68.8 Å². The summed E-state index contributed by atoms with van der Waals surface area (Å²) in [5.41, 5.74) is 2.19. The molecular formula is C15H16N6OS. The van der Waals surface area contributed by atoms with Crippen LogP contribution in [0, 0.1) is 5.92 Å². The van der Waals surface area contributed by atoms with E-state index in [2.05, 4.69) is 19.6 Å². The first kappa shape index (κ1) is 14.1. The molecule has 1 atom stereocenters. The van der Waals surface area contributed by atoms with Gasteiger partial charge in [-0.3, -0.25) is 9.48 Å². The Labute approximate surface area is 137 Å². The molecule has 1 aliphatic heterocycles. The van der Waals surface area contributed by atoms with E-state index in [9.17, 15) is 4.79 Å². The fraction of sp³-hybridized carbons (Fsp3) is 0.333. The van der Waals surface area contributed by atoms with Crippen molar-refractivity contribution in [3.05, 3.63) is 53.3 Å². The third kappa shape index (κ3) is 2.89. The Hall–Kier alpha value is -2.48. The molecule has 0 spiro atoms. The zero-order chi connectivity index (χ0) is 15.6. The largest absolute Gasteiger partial charge is 0.333 e. The summed E-state index contributed by atoms with van der Waals surface area (Å²) in [5.74, 6) is 1.15. The van der Waals surface area contributed by atoms with E-state index >= 15 is 0 Å². The lowest BCUT2D eigenvalue weighted by Crippen LogP contribution is -2.35. The molecule has 0 saturated carbocycles. The van der Waals surface area contributed by atoms with Crippen LogP contribution in [0.3, 0.4) is 0 Å². The molecule has 0 fully saturated rings. The Balaban J connectivity index is 1.60. The molecule has 0 aliphatic carbocycles. The third-order valence-electron chi connectivity index (χ3n) is 4.01. The maximum atomic E-state index is 12.7. The number of nitrogens with zero attached hydrogens (tertiary/aromatic N) is 6. The molecule has 7 nitrogen and oxygen atoms in total. The van der Waals surface area contributed by atoms with Gasteiger partial charge >= 0.3 is 0 Å². The average Bonchev–Trinajstić information content (AvgIpc) is 3.28. The lowest BCUT2D eigenvalue weighted by molar-refractivity contribution is 0.0707. The van der Waals surface area contributed by atoms with E-state index in [0.717, 1.165) is 18.9 Å². The van der Waals surface area contributed by atoms with Crippen LogP contribution in [-0.4, -0.2) is 41.7 Å². The minimum atomic E-state index is -0.0341. The van der Waals surface area contributed by atoms with Gasteiger partial charge in [0, 0.05) is 55.7 Å². The van der Waals surface area contributed by atoms with Crippen LogP contribution in [0.5, 0.6) is 0 Å². The Morgan fingerprint density at radius 1 is 1.26 bits per heavy atom. The Kier molecular flexibility index (Phi) is 3.66. The fourth-order valence-corrected chi connectivity index (χ4v) is 3.49. The van der Waals surface area contributed by atoms with Gasteiger partial charge in [-0.25, -0.2) is 9.97 Å². The van der Waals surface area contributed by atoms with E-state index in [0.29, 0.717) is 18.8 Å². The summed E-state index contributed by atoms with van der Waals surface area (Å²) in [4.78, 5) is 23.1. The normalized spacial score (nSPS) is 17.7. The van der Waals surface area contributed by atoms with Crippen molar-refractivity contribution in [2.24, 2.45) is 5.92 Å². The monoisotopic (exact) mass is 328 g/mol. The lowest BCUT2D eigenvalue weighted by atomic mass is 10.1. The summed E-state index contributed by atoms with van der Waals surface area (Å²) < 4.78 is 4.04. The van der Waals surface area contributed by atoms with Crippen molar-refractivity contribution in [2.45, 2.75) is 19.6 Å². The minimum absolute atomic E-state index is 0.0341. The molecule has 1 aliphatic rings. The highest BCUT2D eigenvalue weighted by Crippen LogP contribution is 2.19. The number of hydrogen-bond donors (Lipinski definition) is 0. The molecule has 118 valence electrons. The number of aromatic nitrogens is 5. The van der Waals surface area contributed by atoms with E-state index < -0.39 is 0 Å². The van der Waals surface area contributed by atoms with Crippen molar-refractivity contribution >= 4 is 17.2 Å². The quantitative estimate of drug-likeness (QED) is 0.731. The zero-order valence-electron chi connectivity index (χ0n) is 12.4. The molecule has 4 rings (SSSR count). The molecule has 3 aromatic heterocycles. The van der Waals surface area contributed by atoms with Crippen molar-refractivity contribution in [3.8, 4) is 0 Å². The van der Waals surface area contributed by atoms with Crippen LogP contribution >= 0.6 is 11.3 Å². The van der Waals surface area contributed by atoms with Crippen LogP contribution in [0.15, 0.2) is 41.7 Å². The molecule has 1 amide bonds. The van der Waals surface area contributed by atoms with Gasteiger partial charge in [-0.1, -0.05) is 0 Å². The van der Waals surface area contributed by atoms with Gasteiger partial charge in [-0.15, -0.1) is 11.3 Å². The van der Waals surface area contributed by atoms with Crippen molar-refractivity contribution in [1.29, 1.82) is 0 Å². The van der Waals surface area contributed by atoms with Crippen LogP contribution < -0.4 is 0 Å². The van der Waals surface area contributed by atoms with Crippen LogP contribution in [0.25, 0.3) is 0 Å². The number of rotatable bonds is 3. The fourth-order valence-electron chi connectivity index (χ4n) is 2.96. The lowest BCUT2D eigenvalue weighted by Gasteiger charge is -2.23. The second-order valence-electron chi connectivity index (χ2n) is 5.65. The Bertz CT molecular complexity index is 779. The summed E-state index contributed by atoms with van der Waals surface area (Å²) in [6.45, 7) is 2.78. The van der Waals surface area contributed by atoms with Crippen LogP contribution in [0.4, 0.5) is 0 Å². The van der Waals surface area contributed by atoms with E-state index in [1.165, 1.54) is 11.3 Å². The standard InChI is InChI=1S/C15H16N6OS/c22-15(13-10-23-11-17-13)20-7-12(8-21-4-1-2-18-21)6-19-5-3-16-14(19)9-20/h1-5,10-12H,6-9H2. The van der Waals surface area contributed by atoms with Crippen LogP contribution in [-0.2, 0) is 19.6 Å². The number of thiazole rings is 1. The highest BCUT2D eigenvalue weighted by atomic mass is 32.1. The molecule has 0 bridgehead atoms. The number of fused-ring (bicyclic) bond motifs is 1. The van der Waals surface area contributed by atoms with E-state index in [4.69, 9.17) is 0 Å². The number of carbonyl (C=O) groups excluding carboxylic acids is 1. The Morgan fingerprint density at radius 2 is 2.22 bits per heavy atom. The molecule has 4 heterocycles. The first-order valence-electron chi connectivity index (χ1n) is 7.44. The van der Waals surface area contributed by atoms with Crippen molar-refractivity contribution < 1.29 is 4.79 Å². The smallest absolute Gasteiger partial charge is 0.273 e. The summed E-state index contributed by atoms with van der Waals surface area (Å²) in [5, 5.41) is 6.08. The van der Waals surface area contributed by atoms with Crippen LogP contribution in [0.1, 0.15) is 16.3 Å². The van der Waals surface area contributed by atoms with Gasteiger partial charge in [-0.2, -0.15) is 5.10 Å². The number of imidazole rings is 1. The van der Waals surface area contributed by atoms with Gasteiger partial charge in [0.25, 0.3) is 5.91 Å². The Morgan fingerprint density at radius 3 is 3.00 bits per heavy atom. The van der Waals surface area contributed by atoms with Crippen molar-refractivity contribution in [2.75, 3.05) is 6.54 Å². The van der Waals surface area contributed by atoms with Gasteiger partial charge in [-0.05, 0) is 6.07 Å². The summed E-state index contributed by atoms with van der Waals surface area (Å²) in [7, 11) is 0. The van der Waals surface area contributed by atoms with Crippen LogP contribution in [0.2, 0.25) is 0 Å². The SMILES string of the molecule is O=C(c1cscn1)N1Cc2nccn2CC(Cn2cccn2)C1. The highest BCUT2D eigenvalue weighted by molar-refractivity contribution is 7.07. The average molecular weight is 328 g/mol. The van der Waals surface area contributed by atoms with Crippen molar-refractivity contribution in [3.63, 3.8) is 0 Å². The van der Waals surface area contributed by atoms with E-state index in [-0.39, 0.29) is 11.8 Å². The highest BCUT2D eigenvalue weighted by Gasteiger charge is 2.27. The van der Waals surface area contributed by atoms with Gasteiger partial charge < -0.3 is 9.47 Å². The molecular weight excluding hydrogens is 312 g/mol. The van der Waals surface area contributed by atoms with Gasteiger partial charge in [0.15, 0.2) is 0 Å². The molecule has 0 radical (unpaired) electrons. The summed E-state index contributed by atoms with van der Waals surface area (Å²) in [6.07, 6.45) is 7.49. The predicted molar refractivity (Wildman–Crippen MR) is 84.8 cm³/mol. The second kappa shape index (κ2) is 5.96. The number of amides is 1. The molecule has 0 N–H and O–H groups in total. The van der Waals surface area contributed by atoms with Crippen molar-refractivity contribution in [1.82, 2.24) is 29.2 Å². The second-order valence-corrected chi connectivity index (χ2v) is 6.37. The number of carbonyl (C=O) groups is 1. The van der Waals surface area contributed by atoms with E-state index in [1.54, 1.807) is 23.3 Å².